The summed E-state index contributed by atoms with van der Waals surface area (Å²) in [6.45, 7) is 5.59. The summed E-state index contributed by atoms with van der Waals surface area (Å²) in [4.78, 5) is 17.5. The van der Waals surface area contributed by atoms with Crippen molar-refractivity contribution in [3.63, 3.8) is 0 Å². The number of rotatable bonds is 4. The molecular weight excluding hydrogens is 316 g/mol. The minimum Gasteiger partial charge on any atom is -0.378 e. The lowest BCUT2D eigenvalue weighted by Crippen LogP contribution is -2.62. The van der Waals surface area contributed by atoms with E-state index < -0.39 is 0 Å². The van der Waals surface area contributed by atoms with Crippen LogP contribution in [0.5, 0.6) is 0 Å². The molecule has 5 rings (SSSR count). The number of amides is 1. The van der Waals surface area contributed by atoms with E-state index in [1.807, 2.05) is 11.0 Å². The zero-order chi connectivity index (χ0) is 16.9. The molecule has 1 spiro atoms. The summed E-state index contributed by atoms with van der Waals surface area (Å²) in [5, 5.41) is 7.32. The Bertz CT molecular complexity index is 642. The number of carbonyl (C=O) groups excluding carboxylic acids is 1. The lowest BCUT2D eigenvalue weighted by Gasteiger charge is -2.51. The topological polar surface area (TPSA) is 61.5 Å². The van der Waals surface area contributed by atoms with Gasteiger partial charge in [-0.25, -0.2) is 0 Å². The second-order valence-electron chi connectivity index (χ2n) is 8.44. The van der Waals surface area contributed by atoms with Crippen molar-refractivity contribution in [1.29, 1.82) is 0 Å². The highest BCUT2D eigenvalue weighted by Gasteiger charge is 2.44. The number of morpholine rings is 1. The molecule has 6 nitrogen and oxygen atoms in total. The molecule has 1 amide bonds. The maximum atomic E-state index is 12.8. The number of aromatic amines is 1. The fraction of sp³-hybridized carbons (Fsp3) is 0.789. The van der Waals surface area contributed by atoms with Crippen LogP contribution in [0.3, 0.4) is 0 Å². The molecule has 6 heteroatoms. The Balaban J connectivity index is 1.24. The number of likely N-dealkylation sites (tertiary alicyclic amines) is 1. The van der Waals surface area contributed by atoms with E-state index >= 15 is 0 Å². The fourth-order valence-electron chi connectivity index (χ4n) is 4.46. The average molecular weight is 344 g/mol. The molecule has 0 aromatic carbocycles. The van der Waals surface area contributed by atoms with Crippen LogP contribution in [0.1, 0.15) is 60.6 Å². The molecule has 0 unspecified atom stereocenters. The first kappa shape index (κ1) is 15.8. The van der Waals surface area contributed by atoms with Gasteiger partial charge in [-0.2, -0.15) is 5.10 Å². The Labute approximate surface area is 148 Å². The summed E-state index contributed by atoms with van der Waals surface area (Å²) in [6.07, 6.45) is 7.26. The summed E-state index contributed by atoms with van der Waals surface area (Å²) in [7, 11) is 0. The van der Waals surface area contributed by atoms with Gasteiger partial charge in [0.1, 0.15) is 5.69 Å². The molecule has 2 saturated heterocycles. The Morgan fingerprint density at radius 2 is 2.04 bits per heavy atom. The highest BCUT2D eigenvalue weighted by atomic mass is 16.5. The van der Waals surface area contributed by atoms with Crippen LogP contribution < -0.4 is 0 Å². The first-order chi connectivity index (χ1) is 12.2. The number of aromatic nitrogens is 2. The predicted molar refractivity (Wildman–Crippen MR) is 93.5 cm³/mol. The normalized spacial score (nSPS) is 27.0. The van der Waals surface area contributed by atoms with Gasteiger partial charge < -0.3 is 9.64 Å². The maximum Gasteiger partial charge on any atom is 0.274 e. The van der Waals surface area contributed by atoms with Crippen molar-refractivity contribution < 1.29 is 9.53 Å². The molecule has 0 bridgehead atoms. The van der Waals surface area contributed by atoms with Crippen molar-refractivity contribution in [2.24, 2.45) is 5.92 Å². The molecule has 1 aromatic heterocycles. The van der Waals surface area contributed by atoms with Gasteiger partial charge in [-0.15, -0.1) is 0 Å². The highest BCUT2D eigenvalue weighted by Crippen LogP contribution is 2.40. The molecule has 1 aromatic rings. The Morgan fingerprint density at radius 3 is 2.76 bits per heavy atom. The van der Waals surface area contributed by atoms with Gasteiger partial charge in [0.2, 0.25) is 0 Å². The lowest BCUT2D eigenvalue weighted by atomic mass is 9.85. The summed E-state index contributed by atoms with van der Waals surface area (Å²) in [6, 6.07) is 1.97. The molecular formula is C19H28N4O2. The van der Waals surface area contributed by atoms with Gasteiger partial charge in [0.15, 0.2) is 0 Å². The van der Waals surface area contributed by atoms with E-state index in [4.69, 9.17) is 4.74 Å². The number of H-pyrrole nitrogens is 1. The Kier molecular flexibility index (Phi) is 3.86. The fourth-order valence-corrected chi connectivity index (χ4v) is 4.46. The SMILES string of the molecule is O=C(c1cc(C2CC2)[nH]n1)N1CCC2(CC1)COCCN2CC1CC1. The van der Waals surface area contributed by atoms with Gasteiger partial charge in [0.05, 0.1) is 13.2 Å². The van der Waals surface area contributed by atoms with Crippen molar-refractivity contribution in [2.45, 2.75) is 50.0 Å². The van der Waals surface area contributed by atoms with Crippen LogP contribution in [0.4, 0.5) is 0 Å². The second kappa shape index (κ2) is 6.09. The quantitative estimate of drug-likeness (QED) is 0.908. The Hall–Kier alpha value is -1.40. The molecule has 0 radical (unpaired) electrons. The van der Waals surface area contributed by atoms with Crippen LogP contribution in [-0.2, 0) is 4.74 Å². The van der Waals surface area contributed by atoms with Gasteiger partial charge in [0, 0.05) is 43.3 Å². The first-order valence-electron chi connectivity index (χ1n) is 9.91. The number of nitrogens with zero attached hydrogens (tertiary/aromatic N) is 3. The maximum absolute atomic E-state index is 12.8. The van der Waals surface area contributed by atoms with Crippen molar-refractivity contribution >= 4 is 5.91 Å². The molecule has 4 fully saturated rings. The third kappa shape index (κ3) is 3.10. The number of carbonyl (C=O) groups is 1. The highest BCUT2D eigenvalue weighted by molar-refractivity contribution is 5.92. The predicted octanol–water partition coefficient (Wildman–Crippen LogP) is 2.00. The molecule has 1 N–H and O–H groups in total. The van der Waals surface area contributed by atoms with Gasteiger partial charge >= 0.3 is 0 Å². The van der Waals surface area contributed by atoms with E-state index in [0.717, 1.165) is 57.3 Å². The van der Waals surface area contributed by atoms with E-state index in [-0.39, 0.29) is 11.4 Å². The standard InChI is InChI=1S/C19H28N4O2/c24-18(17-11-16(20-21-17)15-3-4-15)22-7-5-19(6-8-22)13-25-10-9-23(19)12-14-1-2-14/h11,14-15H,1-10,12-13H2,(H,20,21). The lowest BCUT2D eigenvalue weighted by molar-refractivity contribution is -0.0933. The van der Waals surface area contributed by atoms with Gasteiger partial charge in [0.25, 0.3) is 5.91 Å². The van der Waals surface area contributed by atoms with Crippen LogP contribution >= 0.6 is 0 Å². The molecule has 2 saturated carbocycles. The molecule has 2 aliphatic heterocycles. The average Bonchev–Trinajstić information content (AvgIpc) is 3.58. The monoisotopic (exact) mass is 344 g/mol. The third-order valence-electron chi connectivity index (χ3n) is 6.54. The van der Waals surface area contributed by atoms with Crippen LogP contribution in [0, 0.1) is 5.92 Å². The van der Waals surface area contributed by atoms with Crippen LogP contribution in [0.25, 0.3) is 0 Å². The van der Waals surface area contributed by atoms with E-state index in [0.29, 0.717) is 11.6 Å². The molecule has 3 heterocycles. The van der Waals surface area contributed by atoms with Crippen molar-refractivity contribution in [1.82, 2.24) is 20.0 Å². The summed E-state index contributed by atoms with van der Waals surface area (Å²) >= 11 is 0. The van der Waals surface area contributed by atoms with E-state index in [1.165, 1.54) is 32.2 Å². The summed E-state index contributed by atoms with van der Waals surface area (Å²) in [5.41, 5.74) is 1.88. The number of piperidine rings is 1. The van der Waals surface area contributed by atoms with Crippen LogP contribution in [-0.4, -0.2) is 70.8 Å². The third-order valence-corrected chi connectivity index (χ3v) is 6.54. The smallest absolute Gasteiger partial charge is 0.274 e. The largest absolute Gasteiger partial charge is 0.378 e. The van der Waals surface area contributed by atoms with Crippen molar-refractivity contribution in [3.8, 4) is 0 Å². The van der Waals surface area contributed by atoms with Crippen LogP contribution in [0.15, 0.2) is 6.07 Å². The number of hydrogen-bond donors (Lipinski definition) is 1. The minimum absolute atomic E-state index is 0.0865. The van der Waals surface area contributed by atoms with Gasteiger partial charge in [-0.3, -0.25) is 14.8 Å². The van der Waals surface area contributed by atoms with E-state index in [2.05, 4.69) is 15.1 Å². The van der Waals surface area contributed by atoms with Crippen molar-refractivity contribution in [3.05, 3.63) is 17.5 Å². The molecule has 25 heavy (non-hydrogen) atoms. The zero-order valence-electron chi connectivity index (χ0n) is 14.9. The van der Waals surface area contributed by atoms with E-state index in [1.54, 1.807) is 0 Å². The molecule has 4 aliphatic rings. The van der Waals surface area contributed by atoms with Gasteiger partial charge in [-0.1, -0.05) is 0 Å². The number of nitrogens with one attached hydrogen (secondary N) is 1. The minimum atomic E-state index is 0.0865. The second-order valence-corrected chi connectivity index (χ2v) is 8.44. The van der Waals surface area contributed by atoms with Crippen LogP contribution in [0.2, 0.25) is 0 Å². The molecule has 2 aliphatic carbocycles. The number of ether oxygens (including phenoxy) is 1. The zero-order valence-corrected chi connectivity index (χ0v) is 14.9. The molecule has 136 valence electrons. The van der Waals surface area contributed by atoms with Gasteiger partial charge in [-0.05, 0) is 50.5 Å². The summed E-state index contributed by atoms with van der Waals surface area (Å²) < 4.78 is 5.85. The van der Waals surface area contributed by atoms with Crippen molar-refractivity contribution in [2.75, 3.05) is 39.4 Å². The number of hydrogen-bond acceptors (Lipinski definition) is 4. The Morgan fingerprint density at radius 1 is 1.24 bits per heavy atom. The van der Waals surface area contributed by atoms with E-state index in [9.17, 15) is 4.79 Å². The summed E-state index contributed by atoms with van der Waals surface area (Å²) in [5.74, 6) is 1.59. The first-order valence-corrected chi connectivity index (χ1v) is 9.91. The molecule has 0 atom stereocenters.